The summed E-state index contributed by atoms with van der Waals surface area (Å²) in [6.45, 7) is 6.93. The molecule has 0 bridgehead atoms. The Morgan fingerprint density at radius 2 is 1.71 bits per heavy atom. The fourth-order valence-electron chi connectivity index (χ4n) is 4.75. The van der Waals surface area contributed by atoms with E-state index in [2.05, 4.69) is 4.98 Å². The molecular formula is C29H27N3O3. The summed E-state index contributed by atoms with van der Waals surface area (Å²) in [5.41, 5.74) is 5.47. The van der Waals surface area contributed by atoms with E-state index in [0.717, 1.165) is 41.0 Å². The summed E-state index contributed by atoms with van der Waals surface area (Å²) in [7, 11) is 0. The van der Waals surface area contributed by atoms with Crippen molar-refractivity contribution in [2.24, 2.45) is 0 Å². The molecule has 0 unspecified atom stereocenters. The van der Waals surface area contributed by atoms with Gasteiger partial charge in [-0.15, -0.1) is 0 Å². The van der Waals surface area contributed by atoms with Gasteiger partial charge in [-0.2, -0.15) is 0 Å². The summed E-state index contributed by atoms with van der Waals surface area (Å²) in [6, 6.07) is 17.0. The minimum Gasteiger partial charge on any atom is -0.327 e. The highest BCUT2D eigenvalue weighted by atomic mass is 16.2. The highest BCUT2D eigenvalue weighted by Crippen LogP contribution is 2.23. The first kappa shape index (κ1) is 22.7. The van der Waals surface area contributed by atoms with Crippen LogP contribution in [0.2, 0.25) is 0 Å². The SMILES string of the molecule is Cc1ccc(C(=O)c2cn(Cc3ccc(N4CCCC4=O)cc3)c3nc(C)ccc3c2=O)c(C)c1. The first-order valence-corrected chi connectivity index (χ1v) is 11.8. The Labute approximate surface area is 203 Å². The highest BCUT2D eigenvalue weighted by Gasteiger charge is 2.22. The lowest BCUT2D eigenvalue weighted by atomic mass is 9.97. The van der Waals surface area contributed by atoms with Crippen molar-refractivity contribution in [3.63, 3.8) is 0 Å². The predicted molar refractivity (Wildman–Crippen MR) is 137 cm³/mol. The topological polar surface area (TPSA) is 72.3 Å². The summed E-state index contributed by atoms with van der Waals surface area (Å²) >= 11 is 0. The fraction of sp³-hybridized carbons (Fsp3) is 0.241. The van der Waals surface area contributed by atoms with E-state index in [0.29, 0.717) is 29.6 Å². The van der Waals surface area contributed by atoms with E-state index in [-0.39, 0.29) is 22.7 Å². The smallest absolute Gasteiger partial charge is 0.227 e. The number of aromatic nitrogens is 2. The maximum atomic E-state index is 13.5. The zero-order chi connectivity index (χ0) is 24.7. The molecule has 0 radical (unpaired) electrons. The molecule has 6 nitrogen and oxygen atoms in total. The summed E-state index contributed by atoms with van der Waals surface area (Å²) in [4.78, 5) is 45.3. The number of anilines is 1. The van der Waals surface area contributed by atoms with Crippen LogP contribution in [0.1, 0.15) is 51.1 Å². The van der Waals surface area contributed by atoms with Crippen LogP contribution >= 0.6 is 0 Å². The third-order valence-electron chi connectivity index (χ3n) is 6.61. The molecule has 5 rings (SSSR count). The van der Waals surface area contributed by atoms with E-state index in [1.807, 2.05) is 66.6 Å². The summed E-state index contributed by atoms with van der Waals surface area (Å²) < 4.78 is 1.87. The number of hydrogen-bond donors (Lipinski definition) is 0. The zero-order valence-electron chi connectivity index (χ0n) is 20.2. The normalized spacial score (nSPS) is 13.6. The van der Waals surface area contributed by atoms with Crippen LogP contribution in [0.15, 0.2) is 65.6 Å². The lowest BCUT2D eigenvalue weighted by Crippen LogP contribution is -2.23. The number of rotatable bonds is 5. The molecule has 4 aromatic rings. The second-order valence-corrected chi connectivity index (χ2v) is 9.29. The van der Waals surface area contributed by atoms with Gasteiger partial charge < -0.3 is 9.47 Å². The molecule has 2 aromatic carbocycles. The number of benzene rings is 2. The lowest BCUT2D eigenvalue weighted by Gasteiger charge is -2.17. The van der Waals surface area contributed by atoms with Crippen LogP contribution in [0.4, 0.5) is 5.69 Å². The number of ketones is 1. The van der Waals surface area contributed by atoms with Gasteiger partial charge in [0.25, 0.3) is 0 Å². The maximum absolute atomic E-state index is 13.5. The van der Waals surface area contributed by atoms with E-state index in [1.54, 1.807) is 24.4 Å². The molecule has 3 heterocycles. The average molecular weight is 466 g/mol. The van der Waals surface area contributed by atoms with Gasteiger partial charge >= 0.3 is 0 Å². The number of aryl methyl sites for hydroxylation is 3. The number of amides is 1. The number of fused-ring (bicyclic) bond motifs is 1. The monoisotopic (exact) mass is 465 g/mol. The van der Waals surface area contributed by atoms with Crippen LogP contribution < -0.4 is 10.3 Å². The molecule has 1 saturated heterocycles. The van der Waals surface area contributed by atoms with E-state index in [1.165, 1.54) is 0 Å². The second-order valence-electron chi connectivity index (χ2n) is 9.29. The Kier molecular flexibility index (Phi) is 5.81. The Morgan fingerprint density at radius 3 is 2.40 bits per heavy atom. The van der Waals surface area contributed by atoms with Crippen LogP contribution in [0.5, 0.6) is 0 Å². The Morgan fingerprint density at radius 1 is 0.943 bits per heavy atom. The van der Waals surface area contributed by atoms with E-state index >= 15 is 0 Å². The molecule has 6 heteroatoms. The molecule has 0 atom stereocenters. The molecule has 0 saturated carbocycles. The van der Waals surface area contributed by atoms with Gasteiger partial charge in [0.2, 0.25) is 11.3 Å². The zero-order valence-corrected chi connectivity index (χ0v) is 20.2. The Bertz CT molecular complexity index is 1530. The fourth-order valence-corrected chi connectivity index (χ4v) is 4.75. The molecular weight excluding hydrogens is 438 g/mol. The van der Waals surface area contributed by atoms with Gasteiger partial charge in [-0.1, -0.05) is 35.9 Å². The largest absolute Gasteiger partial charge is 0.327 e. The molecule has 0 N–H and O–H groups in total. The van der Waals surface area contributed by atoms with Gasteiger partial charge in [0.15, 0.2) is 5.78 Å². The predicted octanol–water partition coefficient (Wildman–Crippen LogP) is 4.73. The van der Waals surface area contributed by atoms with Crippen molar-refractivity contribution >= 4 is 28.4 Å². The first-order chi connectivity index (χ1) is 16.8. The average Bonchev–Trinajstić information content (AvgIpc) is 3.26. The number of carbonyl (C=O) groups excluding carboxylic acids is 2. The minimum atomic E-state index is -0.309. The molecule has 1 fully saturated rings. The highest BCUT2D eigenvalue weighted by molar-refractivity contribution is 6.10. The van der Waals surface area contributed by atoms with Gasteiger partial charge in [-0.25, -0.2) is 4.98 Å². The summed E-state index contributed by atoms with van der Waals surface area (Å²) in [5, 5.41) is 0.422. The van der Waals surface area contributed by atoms with Crippen molar-refractivity contribution < 1.29 is 9.59 Å². The standard InChI is InChI=1S/C29H27N3O3/c1-18-6-12-23(19(2)15-18)27(34)25-17-31(29-24(28(25)35)13-7-20(3)30-29)16-21-8-10-22(11-9-21)32-14-4-5-26(32)33/h6-13,15,17H,4-5,14,16H2,1-3H3. The third kappa shape index (κ3) is 4.28. The van der Waals surface area contributed by atoms with Crippen LogP contribution in [0, 0.1) is 20.8 Å². The number of nitrogens with zero attached hydrogens (tertiary/aromatic N) is 3. The second kappa shape index (κ2) is 8.95. The number of carbonyl (C=O) groups is 2. The molecule has 1 amide bonds. The van der Waals surface area contributed by atoms with Gasteiger partial charge in [0.1, 0.15) is 5.65 Å². The van der Waals surface area contributed by atoms with Gasteiger partial charge in [-0.3, -0.25) is 14.4 Å². The van der Waals surface area contributed by atoms with Crippen molar-refractivity contribution in [3.05, 3.63) is 105 Å². The molecule has 1 aliphatic rings. The van der Waals surface area contributed by atoms with Gasteiger partial charge in [0.05, 0.1) is 10.9 Å². The van der Waals surface area contributed by atoms with Gasteiger partial charge in [0, 0.05) is 42.7 Å². The lowest BCUT2D eigenvalue weighted by molar-refractivity contribution is -0.117. The van der Waals surface area contributed by atoms with Gasteiger partial charge in [-0.05, 0) is 62.6 Å². The summed E-state index contributed by atoms with van der Waals surface area (Å²) in [6.07, 6.45) is 3.11. The van der Waals surface area contributed by atoms with Crippen molar-refractivity contribution in [1.82, 2.24) is 9.55 Å². The van der Waals surface area contributed by atoms with Crippen LogP contribution in [-0.4, -0.2) is 27.8 Å². The maximum Gasteiger partial charge on any atom is 0.227 e. The molecule has 35 heavy (non-hydrogen) atoms. The van der Waals surface area contributed by atoms with Crippen LogP contribution in [-0.2, 0) is 11.3 Å². The Hall–Kier alpha value is -4.06. The van der Waals surface area contributed by atoms with E-state index in [4.69, 9.17) is 0 Å². The van der Waals surface area contributed by atoms with E-state index in [9.17, 15) is 14.4 Å². The number of pyridine rings is 2. The van der Waals surface area contributed by atoms with Crippen LogP contribution in [0.3, 0.4) is 0 Å². The molecule has 0 aliphatic carbocycles. The molecule has 1 aliphatic heterocycles. The molecule has 0 spiro atoms. The van der Waals surface area contributed by atoms with Crippen molar-refractivity contribution in [2.75, 3.05) is 11.4 Å². The molecule has 176 valence electrons. The first-order valence-electron chi connectivity index (χ1n) is 11.8. The number of hydrogen-bond acceptors (Lipinski definition) is 4. The third-order valence-corrected chi connectivity index (χ3v) is 6.61. The minimum absolute atomic E-state index is 0.134. The summed E-state index contributed by atoms with van der Waals surface area (Å²) in [5.74, 6) is -0.134. The van der Waals surface area contributed by atoms with E-state index < -0.39 is 0 Å². The Balaban J connectivity index is 1.57. The van der Waals surface area contributed by atoms with Crippen LogP contribution in [0.25, 0.3) is 11.0 Å². The van der Waals surface area contributed by atoms with Crippen molar-refractivity contribution in [2.45, 2.75) is 40.2 Å². The quantitative estimate of drug-likeness (QED) is 0.400. The van der Waals surface area contributed by atoms with Crippen molar-refractivity contribution in [1.29, 1.82) is 0 Å². The molecule has 2 aromatic heterocycles. The van der Waals surface area contributed by atoms with Crippen molar-refractivity contribution in [3.8, 4) is 0 Å².